The molecule has 0 amide bonds. The number of carbonyl (C=O) groups is 1. The lowest BCUT2D eigenvalue weighted by molar-refractivity contribution is -0.139. The van der Waals surface area contributed by atoms with Crippen molar-refractivity contribution in [2.75, 3.05) is 0 Å². The summed E-state index contributed by atoms with van der Waals surface area (Å²) in [4.78, 5) is 17.8. The van der Waals surface area contributed by atoms with Gasteiger partial charge in [0.25, 0.3) is 0 Å². The second-order valence-electron chi connectivity index (χ2n) is 9.55. The van der Waals surface area contributed by atoms with Crippen molar-refractivity contribution in [1.82, 2.24) is 4.98 Å². The Bertz CT molecular complexity index is 1300. The smallest absolute Gasteiger partial charge is 0.416 e. The molecule has 0 aliphatic carbocycles. The van der Waals surface area contributed by atoms with E-state index in [1.54, 1.807) is 23.5 Å². The van der Waals surface area contributed by atoms with Crippen LogP contribution in [0.5, 0.6) is 0 Å². The number of aliphatic carboxylic acids is 1. The third-order valence-electron chi connectivity index (χ3n) is 5.55. The maximum Gasteiger partial charge on any atom is 0.416 e. The van der Waals surface area contributed by atoms with Crippen molar-refractivity contribution in [1.29, 1.82) is 0 Å². The molecule has 0 spiro atoms. The van der Waals surface area contributed by atoms with E-state index < -0.39 is 23.6 Å². The van der Waals surface area contributed by atoms with E-state index in [1.807, 2.05) is 51.1 Å². The highest BCUT2D eigenvalue weighted by Gasteiger charge is 2.30. The second-order valence-corrected chi connectivity index (χ2v) is 10.6. The molecule has 0 fully saturated rings. The van der Waals surface area contributed by atoms with Gasteiger partial charge in [-0.1, -0.05) is 51.1 Å². The Morgan fingerprint density at radius 3 is 2.21 bits per heavy atom. The molecule has 2 heterocycles. The summed E-state index contributed by atoms with van der Waals surface area (Å²) in [6, 6.07) is 18.2. The van der Waals surface area contributed by atoms with Gasteiger partial charge in [0, 0.05) is 10.3 Å². The second kappa shape index (κ2) is 8.87. The van der Waals surface area contributed by atoms with E-state index in [1.165, 1.54) is 12.1 Å². The molecule has 0 saturated carbocycles. The number of carboxylic acids is 1. The highest BCUT2D eigenvalue weighted by molar-refractivity contribution is 7.22. The van der Waals surface area contributed by atoms with Crippen LogP contribution < -0.4 is 0 Å². The predicted molar refractivity (Wildman–Crippen MR) is 130 cm³/mol. The van der Waals surface area contributed by atoms with Crippen LogP contribution in [0.25, 0.3) is 31.9 Å². The number of nitrogens with zero attached hydrogens (tertiary/aromatic N) is 1. The minimum absolute atomic E-state index is 0.237. The molecule has 7 heteroatoms. The van der Waals surface area contributed by atoms with Crippen molar-refractivity contribution >= 4 is 27.4 Å². The number of hydrogen-bond donors (Lipinski definition) is 1. The molecule has 176 valence electrons. The van der Waals surface area contributed by atoms with E-state index in [0.29, 0.717) is 28.9 Å². The molecule has 2 aromatic heterocycles. The number of halogens is 3. The van der Waals surface area contributed by atoms with Gasteiger partial charge < -0.3 is 5.11 Å². The monoisotopic (exact) mass is 483 g/mol. The topological polar surface area (TPSA) is 50.2 Å². The fourth-order valence-electron chi connectivity index (χ4n) is 3.93. The molecule has 34 heavy (non-hydrogen) atoms. The lowest BCUT2D eigenvalue weighted by Crippen LogP contribution is -2.19. The Kier molecular flexibility index (Phi) is 6.25. The number of thiophene rings is 1. The van der Waals surface area contributed by atoms with Crippen LogP contribution >= 0.6 is 11.3 Å². The first-order chi connectivity index (χ1) is 15.9. The van der Waals surface area contributed by atoms with E-state index in [9.17, 15) is 23.1 Å². The van der Waals surface area contributed by atoms with Gasteiger partial charge in [0.15, 0.2) is 0 Å². The van der Waals surface area contributed by atoms with Crippen molar-refractivity contribution in [2.24, 2.45) is 5.41 Å². The molecule has 3 nitrogen and oxygen atoms in total. The van der Waals surface area contributed by atoms with Crippen molar-refractivity contribution in [2.45, 2.75) is 39.3 Å². The summed E-state index contributed by atoms with van der Waals surface area (Å²) >= 11 is 1.54. The van der Waals surface area contributed by atoms with Crippen LogP contribution in [0.1, 0.15) is 44.2 Å². The van der Waals surface area contributed by atoms with E-state index >= 15 is 0 Å². The maximum absolute atomic E-state index is 13.0. The summed E-state index contributed by atoms with van der Waals surface area (Å²) in [6.45, 7) is 5.94. The van der Waals surface area contributed by atoms with Crippen molar-refractivity contribution in [3.8, 4) is 21.8 Å². The Morgan fingerprint density at radius 2 is 1.62 bits per heavy atom. The summed E-state index contributed by atoms with van der Waals surface area (Å²) in [6.07, 6.45) is -4.03. The molecule has 4 aromatic rings. The number of carboxylic acid groups (broad SMARTS) is 1. The average Bonchev–Trinajstić information content (AvgIpc) is 3.20. The van der Waals surface area contributed by atoms with Crippen LogP contribution in [-0.2, 0) is 11.0 Å². The summed E-state index contributed by atoms with van der Waals surface area (Å²) < 4.78 is 40.2. The van der Waals surface area contributed by atoms with Crippen LogP contribution in [0.4, 0.5) is 13.2 Å². The number of alkyl halides is 3. The van der Waals surface area contributed by atoms with Gasteiger partial charge in [-0.05, 0) is 59.2 Å². The van der Waals surface area contributed by atoms with Gasteiger partial charge in [-0.25, -0.2) is 4.98 Å². The number of fused-ring (bicyclic) bond motifs is 1. The molecule has 0 aliphatic heterocycles. The van der Waals surface area contributed by atoms with E-state index in [-0.39, 0.29) is 5.41 Å². The lowest BCUT2D eigenvalue weighted by atomic mass is 9.81. The highest BCUT2D eigenvalue weighted by atomic mass is 32.1. The molecular weight excluding hydrogens is 459 g/mol. The number of aromatic nitrogens is 1. The first kappa shape index (κ1) is 24.0. The van der Waals surface area contributed by atoms with Crippen molar-refractivity contribution in [3.05, 3.63) is 77.9 Å². The van der Waals surface area contributed by atoms with Crippen LogP contribution in [0.3, 0.4) is 0 Å². The fraction of sp³-hybridized carbons (Fsp3) is 0.259. The molecular formula is C27H24F3NO2S. The van der Waals surface area contributed by atoms with Gasteiger partial charge in [-0.3, -0.25) is 4.79 Å². The average molecular weight is 484 g/mol. The Balaban J connectivity index is 1.87. The largest absolute Gasteiger partial charge is 0.481 e. The molecule has 1 atom stereocenters. The zero-order valence-corrected chi connectivity index (χ0v) is 19.8. The maximum atomic E-state index is 13.0. The van der Waals surface area contributed by atoms with Gasteiger partial charge in [0.2, 0.25) is 0 Å². The summed E-state index contributed by atoms with van der Waals surface area (Å²) in [5, 5.41) is 11.1. The Labute approximate surface area is 199 Å². The highest BCUT2D eigenvalue weighted by Crippen LogP contribution is 2.38. The summed E-state index contributed by atoms with van der Waals surface area (Å²) in [5.41, 5.74) is 1.15. The molecule has 1 N–H and O–H groups in total. The quantitative estimate of drug-likeness (QED) is 0.311. The first-order valence-electron chi connectivity index (χ1n) is 10.8. The minimum atomic E-state index is -4.43. The molecule has 1 unspecified atom stereocenters. The summed E-state index contributed by atoms with van der Waals surface area (Å²) in [7, 11) is 0. The molecule has 2 aromatic carbocycles. The molecule has 4 rings (SSSR count). The number of hydrogen-bond acceptors (Lipinski definition) is 3. The van der Waals surface area contributed by atoms with Gasteiger partial charge in [0.05, 0.1) is 27.7 Å². The number of rotatable bonds is 5. The standard InChI is InChI=1S/C27H24F3NO2S/c1-26(2,3)15-20(25(32)33)18-12-21(16-8-10-19(11-9-16)27(28,29)30)31-22(13-18)24-14-17-6-4-5-7-23(17)34-24/h4-14,20H,15H2,1-3H3,(H,32,33). The van der Waals surface area contributed by atoms with Gasteiger partial charge in [-0.15, -0.1) is 11.3 Å². The summed E-state index contributed by atoms with van der Waals surface area (Å²) in [5.74, 6) is -1.72. The minimum Gasteiger partial charge on any atom is -0.481 e. The third kappa shape index (κ3) is 5.30. The van der Waals surface area contributed by atoms with Crippen LogP contribution in [0.2, 0.25) is 0 Å². The molecule has 0 saturated heterocycles. The van der Waals surface area contributed by atoms with Crippen LogP contribution in [-0.4, -0.2) is 16.1 Å². The van der Waals surface area contributed by atoms with Crippen molar-refractivity contribution in [3.63, 3.8) is 0 Å². The van der Waals surface area contributed by atoms with E-state index in [2.05, 4.69) is 0 Å². The van der Waals surface area contributed by atoms with Crippen LogP contribution in [0.15, 0.2) is 66.7 Å². The molecule has 0 radical (unpaired) electrons. The third-order valence-corrected chi connectivity index (χ3v) is 6.69. The first-order valence-corrected chi connectivity index (χ1v) is 11.6. The van der Waals surface area contributed by atoms with Gasteiger partial charge in [-0.2, -0.15) is 13.2 Å². The number of benzene rings is 2. The normalized spacial score (nSPS) is 13.2. The lowest BCUT2D eigenvalue weighted by Gasteiger charge is -2.24. The predicted octanol–water partition coefficient (Wildman–Crippen LogP) is 8.25. The molecule has 0 bridgehead atoms. The van der Waals surface area contributed by atoms with E-state index in [4.69, 9.17) is 4.98 Å². The van der Waals surface area contributed by atoms with Crippen molar-refractivity contribution < 1.29 is 23.1 Å². The van der Waals surface area contributed by atoms with Gasteiger partial charge >= 0.3 is 12.1 Å². The Hall–Kier alpha value is -3.19. The fourth-order valence-corrected chi connectivity index (χ4v) is 4.95. The van der Waals surface area contributed by atoms with Gasteiger partial charge in [0.1, 0.15) is 0 Å². The molecule has 0 aliphatic rings. The number of pyridine rings is 1. The van der Waals surface area contributed by atoms with Crippen LogP contribution in [0, 0.1) is 5.41 Å². The van der Waals surface area contributed by atoms with E-state index in [0.717, 1.165) is 27.1 Å². The zero-order valence-electron chi connectivity index (χ0n) is 19.0. The Morgan fingerprint density at radius 1 is 0.971 bits per heavy atom. The SMILES string of the molecule is CC(C)(C)CC(C(=O)O)c1cc(-c2ccc(C(F)(F)F)cc2)nc(-c2cc3ccccc3s2)c1. The zero-order chi connectivity index (χ0) is 24.7.